The Morgan fingerprint density at radius 2 is 1.72 bits per heavy atom. The Balaban J connectivity index is 1.54. The predicted molar refractivity (Wildman–Crippen MR) is 120 cm³/mol. The summed E-state index contributed by atoms with van der Waals surface area (Å²) in [6.45, 7) is 12.2. The van der Waals surface area contributed by atoms with Gasteiger partial charge in [-0.1, -0.05) is 65.5 Å². The normalized spacial score (nSPS) is 47.9. The molecule has 0 saturated heterocycles. The standard InChI is InChI=1S/C27H46O2/c1-17(2)7-6-8-18(3)21-9-10-22-25-23(12-14-27(21,22)5)26(4)13-11-20(28)15-19(26)16-24(25)29/h16-18,20-25,28-29H,6-15H2,1-5H3/t18-,20+,21-,22+,23+,24-,25+,26+,27-/m1/s1. The molecule has 0 heterocycles. The molecule has 29 heavy (non-hydrogen) atoms. The molecule has 0 amide bonds. The molecular formula is C27H46O2. The Hall–Kier alpha value is -0.340. The van der Waals surface area contributed by atoms with Gasteiger partial charge < -0.3 is 10.2 Å². The van der Waals surface area contributed by atoms with Gasteiger partial charge in [0.1, 0.15) is 0 Å². The summed E-state index contributed by atoms with van der Waals surface area (Å²) in [5.74, 6) is 4.18. The highest BCUT2D eigenvalue weighted by Crippen LogP contribution is 2.67. The molecule has 9 atom stereocenters. The summed E-state index contributed by atoms with van der Waals surface area (Å²) >= 11 is 0. The minimum absolute atomic E-state index is 0.200. The maximum absolute atomic E-state index is 11.3. The largest absolute Gasteiger partial charge is 0.393 e. The van der Waals surface area contributed by atoms with E-state index in [9.17, 15) is 10.2 Å². The van der Waals surface area contributed by atoms with Crippen LogP contribution in [0.3, 0.4) is 0 Å². The van der Waals surface area contributed by atoms with E-state index in [1.165, 1.54) is 50.5 Å². The van der Waals surface area contributed by atoms with Crippen LogP contribution in [0, 0.1) is 46.3 Å². The van der Waals surface area contributed by atoms with Crippen LogP contribution in [-0.2, 0) is 0 Å². The highest BCUT2D eigenvalue weighted by molar-refractivity contribution is 5.27. The average Bonchev–Trinajstić information content (AvgIpc) is 3.00. The average molecular weight is 403 g/mol. The first kappa shape index (κ1) is 21.9. The van der Waals surface area contributed by atoms with Crippen LogP contribution in [0.25, 0.3) is 0 Å². The molecule has 4 aliphatic carbocycles. The molecule has 3 fully saturated rings. The molecule has 0 aromatic carbocycles. The lowest BCUT2D eigenvalue weighted by Crippen LogP contribution is -2.54. The maximum atomic E-state index is 11.3. The summed E-state index contributed by atoms with van der Waals surface area (Å²) in [6, 6.07) is 0. The van der Waals surface area contributed by atoms with E-state index >= 15 is 0 Å². The smallest absolute Gasteiger partial charge is 0.0757 e. The van der Waals surface area contributed by atoms with Crippen molar-refractivity contribution in [2.24, 2.45) is 46.3 Å². The first-order valence-electron chi connectivity index (χ1n) is 12.7. The number of hydrogen-bond donors (Lipinski definition) is 2. The van der Waals surface area contributed by atoms with Crippen LogP contribution in [0.2, 0.25) is 0 Å². The Kier molecular flexibility index (Phi) is 6.01. The van der Waals surface area contributed by atoms with Crippen molar-refractivity contribution in [3.63, 3.8) is 0 Å². The van der Waals surface area contributed by atoms with Crippen molar-refractivity contribution in [1.82, 2.24) is 0 Å². The highest BCUT2D eigenvalue weighted by atomic mass is 16.3. The van der Waals surface area contributed by atoms with Crippen LogP contribution < -0.4 is 0 Å². The van der Waals surface area contributed by atoms with Gasteiger partial charge in [0, 0.05) is 0 Å². The topological polar surface area (TPSA) is 40.5 Å². The minimum Gasteiger partial charge on any atom is -0.393 e. The number of hydrogen-bond acceptors (Lipinski definition) is 2. The van der Waals surface area contributed by atoms with E-state index in [1.807, 2.05) is 0 Å². The van der Waals surface area contributed by atoms with Gasteiger partial charge in [0.05, 0.1) is 12.2 Å². The van der Waals surface area contributed by atoms with Gasteiger partial charge in [0.15, 0.2) is 0 Å². The van der Waals surface area contributed by atoms with Crippen LogP contribution in [0.4, 0.5) is 0 Å². The molecule has 0 aromatic rings. The van der Waals surface area contributed by atoms with Crippen molar-refractivity contribution in [1.29, 1.82) is 0 Å². The summed E-state index contributed by atoms with van der Waals surface area (Å²) < 4.78 is 0. The minimum atomic E-state index is -0.298. The molecular weight excluding hydrogens is 356 g/mol. The fourth-order valence-corrected chi connectivity index (χ4v) is 8.65. The first-order valence-corrected chi connectivity index (χ1v) is 12.7. The zero-order valence-electron chi connectivity index (χ0n) is 19.7. The number of aliphatic hydroxyl groups is 2. The van der Waals surface area contributed by atoms with Crippen molar-refractivity contribution < 1.29 is 10.2 Å². The van der Waals surface area contributed by atoms with Gasteiger partial charge in [0.2, 0.25) is 0 Å². The van der Waals surface area contributed by atoms with Crippen LogP contribution >= 0.6 is 0 Å². The number of rotatable bonds is 5. The van der Waals surface area contributed by atoms with E-state index in [4.69, 9.17) is 0 Å². The fraction of sp³-hybridized carbons (Fsp3) is 0.926. The van der Waals surface area contributed by atoms with E-state index < -0.39 is 0 Å². The zero-order valence-corrected chi connectivity index (χ0v) is 19.7. The van der Waals surface area contributed by atoms with Crippen molar-refractivity contribution in [2.75, 3.05) is 0 Å². The molecule has 0 bridgehead atoms. The van der Waals surface area contributed by atoms with Crippen LogP contribution in [0.5, 0.6) is 0 Å². The van der Waals surface area contributed by atoms with Gasteiger partial charge in [-0.25, -0.2) is 0 Å². The van der Waals surface area contributed by atoms with E-state index in [-0.39, 0.29) is 17.6 Å². The molecule has 2 heteroatoms. The Labute approximate surface area is 179 Å². The third kappa shape index (κ3) is 3.65. The van der Waals surface area contributed by atoms with Gasteiger partial charge in [-0.2, -0.15) is 0 Å². The molecule has 0 spiro atoms. The molecule has 166 valence electrons. The van der Waals surface area contributed by atoms with Crippen molar-refractivity contribution in [3.8, 4) is 0 Å². The molecule has 0 radical (unpaired) electrons. The van der Waals surface area contributed by atoms with Crippen molar-refractivity contribution >= 4 is 0 Å². The summed E-state index contributed by atoms with van der Waals surface area (Å²) in [4.78, 5) is 0. The quantitative estimate of drug-likeness (QED) is 0.525. The summed E-state index contributed by atoms with van der Waals surface area (Å²) in [7, 11) is 0. The van der Waals surface area contributed by atoms with Gasteiger partial charge >= 0.3 is 0 Å². The second-order valence-corrected chi connectivity index (χ2v) is 12.3. The third-order valence-corrected chi connectivity index (χ3v) is 10.3. The second kappa shape index (κ2) is 7.97. The van der Waals surface area contributed by atoms with Crippen LogP contribution in [-0.4, -0.2) is 22.4 Å². The van der Waals surface area contributed by atoms with Crippen molar-refractivity contribution in [3.05, 3.63) is 11.6 Å². The molecule has 0 unspecified atom stereocenters. The van der Waals surface area contributed by atoms with E-state index in [2.05, 4.69) is 40.7 Å². The Morgan fingerprint density at radius 1 is 0.966 bits per heavy atom. The summed E-state index contributed by atoms with van der Waals surface area (Å²) in [5, 5.41) is 21.5. The fourth-order valence-electron chi connectivity index (χ4n) is 8.65. The van der Waals surface area contributed by atoms with Gasteiger partial charge in [-0.15, -0.1) is 0 Å². The monoisotopic (exact) mass is 402 g/mol. The van der Waals surface area contributed by atoms with Crippen LogP contribution in [0.1, 0.15) is 98.8 Å². The Bertz CT molecular complexity index is 624. The van der Waals surface area contributed by atoms with E-state index in [0.717, 1.165) is 37.0 Å². The highest BCUT2D eigenvalue weighted by Gasteiger charge is 2.61. The van der Waals surface area contributed by atoms with Crippen molar-refractivity contribution in [2.45, 2.75) is 111 Å². The Morgan fingerprint density at radius 3 is 2.45 bits per heavy atom. The van der Waals surface area contributed by atoms with Gasteiger partial charge in [0.25, 0.3) is 0 Å². The number of fused-ring (bicyclic) bond motifs is 5. The lowest BCUT2D eigenvalue weighted by molar-refractivity contribution is -0.0970. The SMILES string of the molecule is CC(C)CCC[C@@H](C)[C@H]1CC[C@H]2[C@@H]3[C@H](O)C=C4C[C@@H](O)CC[C@]4(C)[C@H]3CC[C@]12C. The lowest BCUT2D eigenvalue weighted by Gasteiger charge is -2.59. The molecule has 0 aliphatic heterocycles. The second-order valence-electron chi connectivity index (χ2n) is 12.3. The molecule has 3 saturated carbocycles. The predicted octanol–water partition coefficient (Wildman–Crippen LogP) is 6.36. The lowest BCUT2D eigenvalue weighted by atomic mass is 9.46. The third-order valence-electron chi connectivity index (χ3n) is 10.3. The van der Waals surface area contributed by atoms with Gasteiger partial charge in [-0.05, 0) is 91.3 Å². The zero-order chi connectivity index (χ0) is 21.0. The summed E-state index contributed by atoms with van der Waals surface area (Å²) in [5.41, 5.74) is 1.99. The van der Waals surface area contributed by atoms with E-state index in [1.54, 1.807) is 0 Å². The van der Waals surface area contributed by atoms with E-state index in [0.29, 0.717) is 23.2 Å². The first-order chi connectivity index (χ1) is 13.7. The van der Waals surface area contributed by atoms with Crippen LogP contribution in [0.15, 0.2) is 11.6 Å². The maximum Gasteiger partial charge on any atom is 0.0757 e. The van der Waals surface area contributed by atoms with Gasteiger partial charge in [-0.3, -0.25) is 0 Å². The molecule has 2 N–H and O–H groups in total. The molecule has 0 aromatic heterocycles. The number of aliphatic hydroxyl groups excluding tert-OH is 2. The summed E-state index contributed by atoms with van der Waals surface area (Å²) in [6.07, 6.45) is 13.9. The molecule has 4 rings (SSSR count). The molecule has 2 nitrogen and oxygen atoms in total. The molecule has 4 aliphatic rings.